The van der Waals surface area contributed by atoms with Crippen LogP contribution in [0.15, 0.2) is 36.9 Å². The summed E-state index contributed by atoms with van der Waals surface area (Å²) < 4.78 is 39.1. The summed E-state index contributed by atoms with van der Waals surface area (Å²) in [6, 6.07) is 6.96. The summed E-state index contributed by atoms with van der Waals surface area (Å²) in [4.78, 5) is 0. The van der Waals surface area contributed by atoms with Crippen molar-refractivity contribution < 1.29 is 23.4 Å². The monoisotopic (exact) mass is 346 g/mol. The van der Waals surface area contributed by atoms with Crippen LogP contribution >= 0.6 is 0 Å². The predicted molar refractivity (Wildman–Crippen MR) is 91.7 cm³/mol. The lowest BCUT2D eigenvalue weighted by atomic mass is 10.0. The molecule has 1 saturated carbocycles. The first-order valence-corrected chi connectivity index (χ1v) is 8.17. The maximum atomic E-state index is 14.2. The van der Waals surface area contributed by atoms with E-state index in [1.807, 2.05) is 0 Å². The van der Waals surface area contributed by atoms with Crippen LogP contribution in [0.5, 0.6) is 17.2 Å². The first kappa shape index (κ1) is 17.4. The van der Waals surface area contributed by atoms with E-state index in [9.17, 15) is 13.9 Å². The number of allylic oxidation sites excluding steroid dienone is 1. The number of aliphatic hydroxyl groups excluding tert-OH is 1. The van der Waals surface area contributed by atoms with Gasteiger partial charge >= 0.3 is 0 Å². The molecular formula is C20H20F2O3. The van der Waals surface area contributed by atoms with E-state index in [2.05, 4.69) is 6.58 Å². The lowest BCUT2D eigenvalue weighted by Gasteiger charge is -2.13. The van der Waals surface area contributed by atoms with Crippen molar-refractivity contribution in [3.8, 4) is 17.2 Å². The van der Waals surface area contributed by atoms with Crippen LogP contribution in [0.4, 0.5) is 8.78 Å². The van der Waals surface area contributed by atoms with E-state index in [0.29, 0.717) is 29.4 Å². The minimum Gasteiger partial charge on any atom is -0.490 e. The van der Waals surface area contributed by atoms with Crippen LogP contribution in [-0.2, 0) is 6.61 Å². The van der Waals surface area contributed by atoms with Crippen LogP contribution in [-0.4, -0.2) is 11.7 Å². The van der Waals surface area contributed by atoms with Crippen LogP contribution in [0.25, 0.3) is 5.57 Å². The Kier molecular flexibility index (Phi) is 5.04. The third kappa shape index (κ3) is 4.17. The van der Waals surface area contributed by atoms with Crippen LogP contribution in [0.1, 0.15) is 30.9 Å². The number of hydrogen-bond acceptors (Lipinski definition) is 3. The molecule has 0 radical (unpaired) electrons. The highest BCUT2D eigenvalue weighted by Gasteiger charge is 2.22. The molecule has 0 atom stereocenters. The van der Waals surface area contributed by atoms with Crippen LogP contribution in [0.3, 0.4) is 0 Å². The molecule has 5 heteroatoms. The second-order valence-electron chi connectivity index (χ2n) is 6.32. The van der Waals surface area contributed by atoms with Gasteiger partial charge in [-0.2, -0.15) is 0 Å². The lowest BCUT2D eigenvalue weighted by Crippen LogP contribution is -2.01. The summed E-state index contributed by atoms with van der Waals surface area (Å²) in [6.07, 6.45) is 2.22. The molecular weight excluding hydrogens is 326 g/mol. The van der Waals surface area contributed by atoms with Gasteiger partial charge in [0.15, 0.2) is 11.6 Å². The average Bonchev–Trinajstić information content (AvgIpc) is 3.39. The Morgan fingerprint density at radius 2 is 1.92 bits per heavy atom. The van der Waals surface area contributed by atoms with Gasteiger partial charge in [-0.3, -0.25) is 0 Å². The summed E-state index contributed by atoms with van der Waals surface area (Å²) in [5, 5.41) is 9.32. The van der Waals surface area contributed by atoms with E-state index < -0.39 is 18.2 Å². The standard InChI is InChI=1S/C20H20F2O3/c1-12(2)16-7-15(8-19(22)17(16)10-23)25-14-5-6-18(21)20(9-14)24-11-13-3-4-13/h5-9,13,23H,1,3-4,10-11H2,2H3. The molecule has 1 N–H and O–H groups in total. The second kappa shape index (κ2) is 7.23. The first-order chi connectivity index (χ1) is 12.0. The predicted octanol–water partition coefficient (Wildman–Crippen LogP) is 5.07. The quantitative estimate of drug-likeness (QED) is 0.760. The second-order valence-corrected chi connectivity index (χ2v) is 6.32. The number of hydrogen-bond donors (Lipinski definition) is 1. The molecule has 3 rings (SSSR count). The minimum absolute atomic E-state index is 0.122. The van der Waals surface area contributed by atoms with E-state index in [0.717, 1.165) is 12.8 Å². The van der Waals surface area contributed by atoms with Crippen molar-refractivity contribution in [2.45, 2.75) is 26.4 Å². The fourth-order valence-corrected chi connectivity index (χ4v) is 2.50. The average molecular weight is 346 g/mol. The van der Waals surface area contributed by atoms with Gasteiger partial charge in [0.25, 0.3) is 0 Å². The molecule has 1 aliphatic rings. The first-order valence-electron chi connectivity index (χ1n) is 8.17. The molecule has 0 bridgehead atoms. The summed E-state index contributed by atoms with van der Waals surface area (Å²) in [5.74, 6) is 0.172. The van der Waals surface area contributed by atoms with Crippen molar-refractivity contribution in [2.24, 2.45) is 5.92 Å². The lowest BCUT2D eigenvalue weighted by molar-refractivity contribution is 0.275. The molecule has 1 fully saturated rings. The largest absolute Gasteiger partial charge is 0.490 e. The summed E-state index contributed by atoms with van der Waals surface area (Å²) in [6.45, 7) is 5.57. The zero-order valence-electron chi connectivity index (χ0n) is 14.0. The smallest absolute Gasteiger partial charge is 0.165 e. The Bertz CT molecular complexity index is 798. The number of ether oxygens (including phenoxy) is 2. The Hall–Kier alpha value is -2.40. The van der Waals surface area contributed by atoms with Gasteiger partial charge < -0.3 is 14.6 Å². The molecule has 0 unspecified atom stereocenters. The van der Waals surface area contributed by atoms with Crippen molar-refractivity contribution in [3.63, 3.8) is 0 Å². The molecule has 0 heterocycles. The van der Waals surface area contributed by atoms with Gasteiger partial charge in [-0.25, -0.2) is 8.78 Å². The van der Waals surface area contributed by atoms with Crippen molar-refractivity contribution in [2.75, 3.05) is 6.61 Å². The summed E-state index contributed by atoms with van der Waals surface area (Å²) >= 11 is 0. The molecule has 2 aromatic rings. The van der Waals surface area contributed by atoms with E-state index in [4.69, 9.17) is 9.47 Å². The molecule has 0 aliphatic heterocycles. The molecule has 132 valence electrons. The van der Waals surface area contributed by atoms with Crippen molar-refractivity contribution >= 4 is 5.57 Å². The SMILES string of the molecule is C=C(C)c1cc(Oc2ccc(F)c(OCC3CC3)c2)cc(F)c1CO. The minimum atomic E-state index is -0.578. The van der Waals surface area contributed by atoms with Crippen molar-refractivity contribution in [1.29, 1.82) is 0 Å². The third-order valence-electron chi connectivity index (χ3n) is 4.10. The third-order valence-corrected chi connectivity index (χ3v) is 4.10. The zero-order chi connectivity index (χ0) is 18.0. The number of halogens is 2. The van der Waals surface area contributed by atoms with Gasteiger partial charge in [0, 0.05) is 17.7 Å². The van der Waals surface area contributed by atoms with Crippen molar-refractivity contribution in [3.05, 3.63) is 59.7 Å². The van der Waals surface area contributed by atoms with E-state index in [1.165, 1.54) is 24.3 Å². The van der Waals surface area contributed by atoms with Gasteiger partial charge in [-0.15, -0.1) is 0 Å². The van der Waals surface area contributed by atoms with Gasteiger partial charge in [0.2, 0.25) is 0 Å². The maximum absolute atomic E-state index is 14.2. The van der Waals surface area contributed by atoms with Crippen molar-refractivity contribution in [1.82, 2.24) is 0 Å². The van der Waals surface area contributed by atoms with Gasteiger partial charge in [-0.05, 0) is 49.4 Å². The molecule has 25 heavy (non-hydrogen) atoms. The summed E-state index contributed by atoms with van der Waals surface area (Å²) in [7, 11) is 0. The summed E-state index contributed by atoms with van der Waals surface area (Å²) in [5.41, 5.74) is 1.28. The number of benzene rings is 2. The molecule has 3 nitrogen and oxygen atoms in total. The normalized spacial score (nSPS) is 13.6. The van der Waals surface area contributed by atoms with Crippen LogP contribution in [0.2, 0.25) is 0 Å². The maximum Gasteiger partial charge on any atom is 0.165 e. The van der Waals surface area contributed by atoms with E-state index in [1.54, 1.807) is 13.0 Å². The van der Waals surface area contributed by atoms with Gasteiger partial charge in [-0.1, -0.05) is 12.2 Å². The molecule has 1 aliphatic carbocycles. The number of rotatable bonds is 7. The Balaban J connectivity index is 1.84. The van der Waals surface area contributed by atoms with Crippen LogP contribution in [0, 0.1) is 17.6 Å². The highest BCUT2D eigenvalue weighted by Crippen LogP contribution is 2.33. The van der Waals surface area contributed by atoms with E-state index >= 15 is 0 Å². The molecule has 2 aromatic carbocycles. The Morgan fingerprint density at radius 3 is 2.56 bits per heavy atom. The molecule has 0 saturated heterocycles. The Labute approximate surface area is 145 Å². The number of aliphatic hydroxyl groups is 1. The fourth-order valence-electron chi connectivity index (χ4n) is 2.50. The molecule has 0 amide bonds. The topological polar surface area (TPSA) is 38.7 Å². The Morgan fingerprint density at radius 1 is 1.16 bits per heavy atom. The highest BCUT2D eigenvalue weighted by atomic mass is 19.1. The molecule has 0 spiro atoms. The van der Waals surface area contributed by atoms with Crippen LogP contribution < -0.4 is 9.47 Å². The zero-order valence-corrected chi connectivity index (χ0v) is 14.0. The highest BCUT2D eigenvalue weighted by molar-refractivity contribution is 5.66. The van der Waals surface area contributed by atoms with Gasteiger partial charge in [0.05, 0.1) is 13.2 Å². The van der Waals surface area contributed by atoms with E-state index in [-0.39, 0.29) is 17.1 Å². The van der Waals surface area contributed by atoms with Gasteiger partial charge in [0.1, 0.15) is 17.3 Å². The molecule has 0 aromatic heterocycles. The fraction of sp³-hybridized carbons (Fsp3) is 0.300.